The molecule has 2 heterocycles. The second-order valence-electron chi connectivity index (χ2n) is 12.9. The summed E-state index contributed by atoms with van der Waals surface area (Å²) in [6.45, 7) is 4.69. The van der Waals surface area contributed by atoms with Gasteiger partial charge >= 0.3 is 0 Å². The standard InChI is InChI=1S/C44H31N3/c1-44(2)39-17-9-8-15-35(39)38-24-30-19-18-29-23-31(20-21-34(29)37(30)25-40(38)44)42-26-41(28-11-4-3-5-12-28)46-43(47-42)36-16-7-6-14-33(36)32-13-10-22-45-27-32/h3-27H,1-2H3. The smallest absolute Gasteiger partial charge is 0.161 e. The van der Waals surface area contributed by atoms with Gasteiger partial charge in [0.2, 0.25) is 0 Å². The fraction of sp³-hybridized carbons (Fsp3) is 0.0682. The average Bonchev–Trinajstić information content (AvgIpc) is 3.36. The number of aromatic nitrogens is 3. The van der Waals surface area contributed by atoms with Crippen molar-refractivity contribution in [2.75, 3.05) is 0 Å². The van der Waals surface area contributed by atoms with Crippen LogP contribution in [0.25, 0.3) is 77.7 Å². The molecule has 47 heavy (non-hydrogen) atoms. The molecule has 0 N–H and O–H groups in total. The van der Waals surface area contributed by atoms with E-state index < -0.39 is 0 Å². The first-order valence-electron chi connectivity index (χ1n) is 16.1. The van der Waals surface area contributed by atoms with Crippen molar-refractivity contribution in [3.05, 3.63) is 163 Å². The van der Waals surface area contributed by atoms with Gasteiger partial charge in [-0.05, 0) is 79.7 Å². The SMILES string of the molecule is CC1(C)c2ccccc2-c2cc3ccc4cc(-c5cc(-c6ccccc6)nc(-c6ccccc6-c6cccnc6)n5)ccc4c3cc21. The maximum absolute atomic E-state index is 5.21. The van der Waals surface area contributed by atoms with E-state index in [9.17, 15) is 0 Å². The van der Waals surface area contributed by atoms with E-state index in [4.69, 9.17) is 9.97 Å². The lowest BCUT2D eigenvalue weighted by molar-refractivity contribution is 0.661. The van der Waals surface area contributed by atoms with Gasteiger partial charge in [-0.3, -0.25) is 4.98 Å². The van der Waals surface area contributed by atoms with Gasteiger partial charge in [0, 0.05) is 40.1 Å². The Morgan fingerprint density at radius 1 is 0.447 bits per heavy atom. The highest BCUT2D eigenvalue weighted by Crippen LogP contribution is 2.50. The highest BCUT2D eigenvalue weighted by atomic mass is 14.9. The molecule has 0 atom stereocenters. The predicted octanol–water partition coefficient (Wildman–Crippen LogP) is 11.2. The molecule has 0 saturated carbocycles. The number of hydrogen-bond acceptors (Lipinski definition) is 3. The Bertz CT molecular complexity index is 2480. The molecule has 0 spiro atoms. The molecule has 0 fully saturated rings. The molecule has 0 saturated heterocycles. The highest BCUT2D eigenvalue weighted by Gasteiger charge is 2.35. The van der Waals surface area contributed by atoms with Gasteiger partial charge in [-0.1, -0.05) is 123 Å². The molecule has 9 rings (SSSR count). The first-order chi connectivity index (χ1) is 23.0. The van der Waals surface area contributed by atoms with E-state index in [2.05, 4.69) is 140 Å². The number of pyridine rings is 1. The maximum Gasteiger partial charge on any atom is 0.161 e. The second-order valence-corrected chi connectivity index (χ2v) is 12.9. The van der Waals surface area contributed by atoms with Crippen molar-refractivity contribution in [3.63, 3.8) is 0 Å². The van der Waals surface area contributed by atoms with Crippen molar-refractivity contribution in [2.45, 2.75) is 19.3 Å². The molecule has 8 aromatic rings. The molecule has 0 amide bonds. The molecule has 0 aliphatic heterocycles. The van der Waals surface area contributed by atoms with Crippen molar-refractivity contribution >= 4 is 21.5 Å². The Morgan fingerprint density at radius 3 is 1.91 bits per heavy atom. The topological polar surface area (TPSA) is 38.7 Å². The molecule has 0 radical (unpaired) electrons. The lowest BCUT2D eigenvalue weighted by Gasteiger charge is -2.22. The molecule has 1 aliphatic rings. The lowest BCUT2D eigenvalue weighted by Crippen LogP contribution is -2.14. The van der Waals surface area contributed by atoms with Crippen LogP contribution in [-0.4, -0.2) is 15.0 Å². The Morgan fingerprint density at radius 2 is 1.13 bits per heavy atom. The minimum atomic E-state index is -0.0421. The molecule has 3 heteroatoms. The third-order valence-electron chi connectivity index (χ3n) is 9.77. The van der Waals surface area contributed by atoms with Crippen LogP contribution in [0.15, 0.2) is 152 Å². The molecule has 3 nitrogen and oxygen atoms in total. The van der Waals surface area contributed by atoms with E-state index in [-0.39, 0.29) is 5.41 Å². The molecular weight excluding hydrogens is 571 g/mol. The van der Waals surface area contributed by atoms with Crippen molar-refractivity contribution in [1.29, 1.82) is 0 Å². The zero-order valence-corrected chi connectivity index (χ0v) is 26.3. The van der Waals surface area contributed by atoms with Crippen LogP contribution in [0.1, 0.15) is 25.0 Å². The zero-order valence-electron chi connectivity index (χ0n) is 26.3. The third kappa shape index (κ3) is 4.46. The van der Waals surface area contributed by atoms with Crippen LogP contribution in [0.2, 0.25) is 0 Å². The molecule has 0 bridgehead atoms. The van der Waals surface area contributed by atoms with E-state index >= 15 is 0 Å². The van der Waals surface area contributed by atoms with Crippen LogP contribution < -0.4 is 0 Å². The normalized spacial score (nSPS) is 13.1. The first kappa shape index (κ1) is 27.4. The monoisotopic (exact) mass is 601 g/mol. The van der Waals surface area contributed by atoms with Crippen molar-refractivity contribution in [2.24, 2.45) is 0 Å². The van der Waals surface area contributed by atoms with Crippen LogP contribution in [-0.2, 0) is 5.41 Å². The summed E-state index contributed by atoms with van der Waals surface area (Å²) in [5.74, 6) is 0.691. The second kappa shape index (κ2) is 10.6. The number of rotatable bonds is 4. The van der Waals surface area contributed by atoms with Crippen LogP contribution in [0.3, 0.4) is 0 Å². The fourth-order valence-corrected chi connectivity index (χ4v) is 7.34. The van der Waals surface area contributed by atoms with E-state index in [1.54, 1.807) is 6.20 Å². The van der Waals surface area contributed by atoms with E-state index in [1.807, 2.05) is 24.4 Å². The van der Waals surface area contributed by atoms with Crippen molar-refractivity contribution in [1.82, 2.24) is 15.0 Å². The molecule has 6 aromatic carbocycles. The summed E-state index contributed by atoms with van der Waals surface area (Å²) in [4.78, 5) is 14.7. The Kier molecular flexibility index (Phi) is 6.16. The largest absolute Gasteiger partial charge is 0.264 e. The van der Waals surface area contributed by atoms with Gasteiger partial charge in [-0.15, -0.1) is 0 Å². The average molecular weight is 602 g/mol. The Balaban J connectivity index is 1.21. The zero-order chi connectivity index (χ0) is 31.5. The molecule has 2 aromatic heterocycles. The van der Waals surface area contributed by atoms with Gasteiger partial charge in [0.05, 0.1) is 11.4 Å². The van der Waals surface area contributed by atoms with Crippen LogP contribution in [0.4, 0.5) is 0 Å². The summed E-state index contributed by atoms with van der Waals surface area (Å²) < 4.78 is 0. The van der Waals surface area contributed by atoms with Crippen molar-refractivity contribution in [3.8, 4) is 56.2 Å². The van der Waals surface area contributed by atoms with Gasteiger partial charge in [-0.2, -0.15) is 0 Å². The minimum Gasteiger partial charge on any atom is -0.264 e. The number of hydrogen-bond donors (Lipinski definition) is 0. The summed E-state index contributed by atoms with van der Waals surface area (Å²) in [5.41, 5.74) is 12.4. The third-order valence-corrected chi connectivity index (χ3v) is 9.77. The lowest BCUT2D eigenvalue weighted by atomic mass is 9.81. The fourth-order valence-electron chi connectivity index (χ4n) is 7.34. The molecular formula is C44H31N3. The predicted molar refractivity (Wildman–Crippen MR) is 194 cm³/mol. The van der Waals surface area contributed by atoms with E-state index in [1.165, 1.54) is 43.8 Å². The Labute approximate surface area is 274 Å². The first-order valence-corrected chi connectivity index (χ1v) is 16.1. The quantitative estimate of drug-likeness (QED) is 0.188. The van der Waals surface area contributed by atoms with Gasteiger partial charge in [0.1, 0.15) is 0 Å². The number of fused-ring (bicyclic) bond motifs is 6. The van der Waals surface area contributed by atoms with E-state index in [0.29, 0.717) is 5.82 Å². The highest BCUT2D eigenvalue weighted by molar-refractivity contribution is 6.10. The molecule has 0 unspecified atom stereocenters. The van der Waals surface area contributed by atoms with Gasteiger partial charge in [0.15, 0.2) is 5.82 Å². The van der Waals surface area contributed by atoms with Crippen LogP contribution >= 0.6 is 0 Å². The molecule has 222 valence electrons. The van der Waals surface area contributed by atoms with Crippen LogP contribution in [0, 0.1) is 0 Å². The van der Waals surface area contributed by atoms with Crippen LogP contribution in [0.5, 0.6) is 0 Å². The molecule has 1 aliphatic carbocycles. The number of nitrogens with zero attached hydrogens (tertiary/aromatic N) is 3. The summed E-state index contributed by atoms with van der Waals surface area (Å²) in [6.07, 6.45) is 3.69. The summed E-state index contributed by atoms with van der Waals surface area (Å²) in [7, 11) is 0. The van der Waals surface area contributed by atoms with Crippen molar-refractivity contribution < 1.29 is 0 Å². The van der Waals surface area contributed by atoms with Gasteiger partial charge in [0.25, 0.3) is 0 Å². The van der Waals surface area contributed by atoms with E-state index in [0.717, 1.165) is 39.2 Å². The summed E-state index contributed by atoms with van der Waals surface area (Å²) >= 11 is 0. The summed E-state index contributed by atoms with van der Waals surface area (Å²) in [6, 6.07) is 49.7. The minimum absolute atomic E-state index is 0.0421. The Hall–Kier alpha value is -5.93. The van der Waals surface area contributed by atoms with Gasteiger partial charge in [-0.25, -0.2) is 9.97 Å². The number of benzene rings is 6. The summed E-state index contributed by atoms with van der Waals surface area (Å²) in [5, 5.41) is 4.99. The van der Waals surface area contributed by atoms with Gasteiger partial charge < -0.3 is 0 Å². The maximum atomic E-state index is 5.21.